The van der Waals surface area contributed by atoms with Crippen LogP contribution >= 0.6 is 0 Å². The predicted molar refractivity (Wildman–Crippen MR) is 54.0 cm³/mol. The molecule has 0 saturated heterocycles. The van der Waals surface area contributed by atoms with E-state index in [9.17, 15) is 0 Å². The lowest BCUT2D eigenvalue weighted by Crippen LogP contribution is -2.33. The summed E-state index contributed by atoms with van der Waals surface area (Å²) < 4.78 is 7.09. The first-order valence-electron chi connectivity index (χ1n) is 4.96. The normalized spacial score (nSPS) is 13.0. The van der Waals surface area contributed by atoms with Crippen molar-refractivity contribution in [1.82, 2.24) is 20.1 Å². The van der Waals surface area contributed by atoms with Crippen molar-refractivity contribution in [2.45, 2.75) is 26.4 Å². The number of hydrogen-bond acceptors (Lipinski definition) is 4. The Kier molecular flexibility index (Phi) is 5.17. The van der Waals surface area contributed by atoms with E-state index >= 15 is 0 Å². The van der Waals surface area contributed by atoms with Gasteiger partial charge in [0.25, 0.3) is 0 Å². The molecule has 0 spiro atoms. The molecule has 1 aromatic rings. The quantitative estimate of drug-likeness (QED) is 0.684. The highest BCUT2D eigenvalue weighted by molar-refractivity contribution is 4.61. The van der Waals surface area contributed by atoms with Crippen molar-refractivity contribution in [1.29, 1.82) is 0 Å². The lowest BCUT2D eigenvalue weighted by atomic mass is 10.3. The minimum absolute atomic E-state index is 0.387. The molecule has 1 atom stereocenters. The van der Waals surface area contributed by atoms with Gasteiger partial charge in [-0.2, -0.15) is 5.10 Å². The summed E-state index contributed by atoms with van der Waals surface area (Å²) in [5.41, 5.74) is 0. The molecule has 1 unspecified atom stereocenters. The van der Waals surface area contributed by atoms with E-state index in [0.717, 1.165) is 26.3 Å². The minimum Gasteiger partial charge on any atom is -0.380 e. The monoisotopic (exact) mass is 198 g/mol. The van der Waals surface area contributed by atoms with Gasteiger partial charge in [0.05, 0.1) is 13.2 Å². The van der Waals surface area contributed by atoms with Crippen molar-refractivity contribution < 1.29 is 4.74 Å². The van der Waals surface area contributed by atoms with Crippen LogP contribution in [-0.2, 0) is 11.3 Å². The van der Waals surface area contributed by atoms with Crippen LogP contribution in [0, 0.1) is 0 Å². The van der Waals surface area contributed by atoms with Gasteiger partial charge in [-0.1, -0.05) is 0 Å². The topological polar surface area (TPSA) is 52.0 Å². The van der Waals surface area contributed by atoms with Crippen LogP contribution in [-0.4, -0.2) is 40.6 Å². The molecule has 0 radical (unpaired) electrons. The summed E-state index contributed by atoms with van der Waals surface area (Å²) >= 11 is 0. The number of hydrogen-bond donors (Lipinski definition) is 1. The summed E-state index contributed by atoms with van der Waals surface area (Å²) in [6.07, 6.45) is 3.26. The predicted octanol–water partition coefficient (Wildman–Crippen LogP) is 0.293. The Bertz CT molecular complexity index is 225. The van der Waals surface area contributed by atoms with Gasteiger partial charge in [0.15, 0.2) is 0 Å². The lowest BCUT2D eigenvalue weighted by molar-refractivity contribution is 0.127. The zero-order chi connectivity index (χ0) is 10.2. The number of ether oxygens (including phenoxy) is 1. The molecule has 5 heteroatoms. The van der Waals surface area contributed by atoms with Crippen LogP contribution in [0.5, 0.6) is 0 Å². The third-order valence-corrected chi connectivity index (χ3v) is 1.87. The van der Waals surface area contributed by atoms with Crippen LogP contribution in [0.15, 0.2) is 12.7 Å². The summed E-state index contributed by atoms with van der Waals surface area (Å²) in [4.78, 5) is 3.87. The first-order valence-corrected chi connectivity index (χ1v) is 4.96. The van der Waals surface area contributed by atoms with Gasteiger partial charge in [-0.15, -0.1) is 0 Å². The zero-order valence-corrected chi connectivity index (χ0v) is 8.81. The van der Waals surface area contributed by atoms with Crippen molar-refractivity contribution in [3.8, 4) is 0 Å². The highest BCUT2D eigenvalue weighted by atomic mass is 16.5. The van der Waals surface area contributed by atoms with Gasteiger partial charge in [0.2, 0.25) is 0 Å². The van der Waals surface area contributed by atoms with Crippen LogP contribution in [0.1, 0.15) is 13.8 Å². The Hall–Kier alpha value is -0.940. The Labute approximate surface area is 84.5 Å². The van der Waals surface area contributed by atoms with Gasteiger partial charge in [-0.3, -0.25) is 4.68 Å². The molecule has 0 aromatic carbocycles. The van der Waals surface area contributed by atoms with Gasteiger partial charge < -0.3 is 10.1 Å². The molecule has 0 aliphatic heterocycles. The number of aromatic nitrogens is 3. The Morgan fingerprint density at radius 2 is 2.43 bits per heavy atom. The Morgan fingerprint density at radius 3 is 3.07 bits per heavy atom. The molecular formula is C9H18N4O. The molecule has 0 saturated carbocycles. The molecule has 14 heavy (non-hydrogen) atoms. The van der Waals surface area contributed by atoms with Gasteiger partial charge in [-0.25, -0.2) is 4.98 Å². The highest BCUT2D eigenvalue weighted by Gasteiger charge is 1.99. The van der Waals surface area contributed by atoms with Crippen LogP contribution < -0.4 is 5.32 Å². The van der Waals surface area contributed by atoms with Gasteiger partial charge >= 0.3 is 0 Å². The summed E-state index contributed by atoms with van der Waals surface area (Å²) in [7, 11) is 0. The fourth-order valence-electron chi connectivity index (χ4n) is 1.13. The van der Waals surface area contributed by atoms with E-state index in [1.165, 1.54) is 0 Å². The first-order chi connectivity index (χ1) is 6.83. The smallest absolute Gasteiger partial charge is 0.137 e. The van der Waals surface area contributed by atoms with Crippen molar-refractivity contribution in [2.75, 3.05) is 19.8 Å². The first kappa shape index (κ1) is 11.1. The molecule has 0 fully saturated rings. The molecule has 0 amide bonds. The van der Waals surface area contributed by atoms with Gasteiger partial charge in [0.1, 0.15) is 12.7 Å². The molecule has 1 N–H and O–H groups in total. The van der Waals surface area contributed by atoms with Gasteiger partial charge in [0, 0.05) is 19.2 Å². The molecule has 0 bridgehead atoms. The maximum Gasteiger partial charge on any atom is 0.137 e. The highest BCUT2D eigenvalue weighted by Crippen LogP contribution is 1.85. The summed E-state index contributed by atoms with van der Waals surface area (Å²) in [5.74, 6) is 0. The summed E-state index contributed by atoms with van der Waals surface area (Å²) in [6.45, 7) is 7.37. The second-order valence-corrected chi connectivity index (χ2v) is 3.17. The second kappa shape index (κ2) is 6.50. The second-order valence-electron chi connectivity index (χ2n) is 3.17. The van der Waals surface area contributed by atoms with E-state index in [0.29, 0.717) is 6.04 Å². The average Bonchev–Trinajstić information content (AvgIpc) is 2.67. The largest absolute Gasteiger partial charge is 0.380 e. The molecule has 0 aliphatic rings. The van der Waals surface area contributed by atoms with E-state index in [1.54, 1.807) is 17.3 Å². The summed E-state index contributed by atoms with van der Waals surface area (Å²) in [6, 6.07) is 0.387. The Morgan fingerprint density at radius 1 is 1.57 bits per heavy atom. The van der Waals surface area contributed by atoms with Gasteiger partial charge in [-0.05, 0) is 13.8 Å². The lowest BCUT2D eigenvalue weighted by Gasteiger charge is -2.12. The molecule has 1 aromatic heterocycles. The summed E-state index contributed by atoms with van der Waals surface area (Å²) in [5, 5.41) is 7.35. The van der Waals surface area contributed by atoms with Crippen molar-refractivity contribution in [3.63, 3.8) is 0 Å². The van der Waals surface area contributed by atoms with E-state index in [-0.39, 0.29) is 0 Å². The fourth-order valence-corrected chi connectivity index (χ4v) is 1.13. The standard InChI is InChI=1S/C9H18N4O/c1-3-14-6-9(2)11-4-5-13-8-10-7-12-13/h7-9,11H,3-6H2,1-2H3. The number of nitrogens with one attached hydrogen (secondary N) is 1. The molecular weight excluding hydrogens is 180 g/mol. The van der Waals surface area contributed by atoms with Crippen LogP contribution in [0.25, 0.3) is 0 Å². The maximum atomic E-state index is 5.29. The molecule has 80 valence electrons. The minimum atomic E-state index is 0.387. The van der Waals surface area contributed by atoms with E-state index in [2.05, 4.69) is 22.3 Å². The molecule has 1 rings (SSSR count). The third-order valence-electron chi connectivity index (χ3n) is 1.87. The average molecular weight is 198 g/mol. The number of rotatable bonds is 7. The molecule has 5 nitrogen and oxygen atoms in total. The van der Waals surface area contributed by atoms with Crippen molar-refractivity contribution in [3.05, 3.63) is 12.7 Å². The molecule has 0 aliphatic carbocycles. The third kappa shape index (κ3) is 4.34. The van der Waals surface area contributed by atoms with Crippen LogP contribution in [0.4, 0.5) is 0 Å². The van der Waals surface area contributed by atoms with Crippen molar-refractivity contribution in [2.24, 2.45) is 0 Å². The maximum absolute atomic E-state index is 5.29. The number of nitrogens with zero attached hydrogens (tertiary/aromatic N) is 3. The van der Waals surface area contributed by atoms with E-state index in [1.807, 2.05) is 6.92 Å². The van der Waals surface area contributed by atoms with Crippen LogP contribution in [0.2, 0.25) is 0 Å². The Balaban J connectivity index is 2.03. The van der Waals surface area contributed by atoms with E-state index < -0.39 is 0 Å². The zero-order valence-electron chi connectivity index (χ0n) is 8.81. The van der Waals surface area contributed by atoms with Crippen LogP contribution in [0.3, 0.4) is 0 Å². The van der Waals surface area contributed by atoms with E-state index in [4.69, 9.17) is 4.74 Å². The van der Waals surface area contributed by atoms with Crippen molar-refractivity contribution >= 4 is 0 Å². The fraction of sp³-hybridized carbons (Fsp3) is 0.778. The SMILES string of the molecule is CCOCC(C)NCCn1cncn1. The molecule has 1 heterocycles.